The fraction of sp³-hybridized carbons (Fsp3) is 0.636. The number of nitrogens with one attached hydrogen (secondary N) is 1. The molecule has 0 spiro atoms. The quantitative estimate of drug-likeness (QED) is 0.532. The second kappa shape index (κ2) is 10.9. The third-order valence-corrected chi connectivity index (χ3v) is 6.05. The number of hydrogen-bond donors (Lipinski definition) is 1. The van der Waals surface area contributed by atoms with E-state index in [0.717, 1.165) is 38.5 Å². The number of carbonyl (C=O) groups excluding carboxylic acids is 2. The Morgan fingerprint density at radius 2 is 1.86 bits per heavy atom. The third kappa shape index (κ3) is 5.92. The zero-order chi connectivity index (χ0) is 20.6. The first-order chi connectivity index (χ1) is 14.1. The molecule has 5 nitrogen and oxygen atoms in total. The molecule has 1 saturated heterocycles. The standard InChI is InChI=1S/C22H30ClFN2O3/c23-14-20(27)26(15-17-10-7-13-29-17)21(18-11-5-6-12-19(18)24)22(28)25-16-8-3-1-2-4-9-16/h5-6,11-12,16-17,21H,1-4,7-10,13-15H2,(H,25,28). The van der Waals surface area contributed by atoms with Gasteiger partial charge in [0.2, 0.25) is 11.8 Å². The average Bonchev–Trinajstić information content (AvgIpc) is 3.11. The van der Waals surface area contributed by atoms with Gasteiger partial charge in [-0.25, -0.2) is 4.39 Å². The van der Waals surface area contributed by atoms with Crippen LogP contribution in [0.2, 0.25) is 0 Å². The van der Waals surface area contributed by atoms with Crippen molar-refractivity contribution < 1.29 is 18.7 Å². The lowest BCUT2D eigenvalue weighted by Crippen LogP contribution is -2.49. The van der Waals surface area contributed by atoms with Crippen molar-refractivity contribution in [2.45, 2.75) is 69.6 Å². The minimum absolute atomic E-state index is 0.0509. The highest BCUT2D eigenvalue weighted by atomic mass is 35.5. The van der Waals surface area contributed by atoms with Crippen LogP contribution in [0, 0.1) is 5.82 Å². The highest BCUT2D eigenvalue weighted by Crippen LogP contribution is 2.28. The molecule has 2 atom stereocenters. The number of rotatable bonds is 7. The number of nitrogens with zero attached hydrogens (tertiary/aromatic N) is 1. The number of hydrogen-bond acceptors (Lipinski definition) is 3. The van der Waals surface area contributed by atoms with Gasteiger partial charge in [0, 0.05) is 24.8 Å². The third-order valence-electron chi connectivity index (χ3n) is 5.82. The van der Waals surface area contributed by atoms with Crippen molar-refractivity contribution in [1.29, 1.82) is 0 Å². The van der Waals surface area contributed by atoms with Crippen molar-refractivity contribution in [3.05, 3.63) is 35.6 Å². The second-order valence-electron chi connectivity index (χ2n) is 7.94. The summed E-state index contributed by atoms with van der Waals surface area (Å²) in [5.41, 5.74) is 0.190. The smallest absolute Gasteiger partial charge is 0.247 e. The molecule has 1 heterocycles. The van der Waals surface area contributed by atoms with Gasteiger partial charge in [0.15, 0.2) is 0 Å². The molecular weight excluding hydrogens is 395 g/mol. The summed E-state index contributed by atoms with van der Waals surface area (Å²) in [5, 5.41) is 3.09. The van der Waals surface area contributed by atoms with E-state index in [1.165, 1.54) is 23.8 Å². The van der Waals surface area contributed by atoms with Gasteiger partial charge in [-0.15, -0.1) is 11.6 Å². The van der Waals surface area contributed by atoms with Crippen LogP contribution in [0.15, 0.2) is 24.3 Å². The van der Waals surface area contributed by atoms with Crippen LogP contribution < -0.4 is 5.32 Å². The van der Waals surface area contributed by atoms with Gasteiger partial charge in [0.1, 0.15) is 17.7 Å². The molecule has 160 valence electrons. The van der Waals surface area contributed by atoms with Gasteiger partial charge in [-0.3, -0.25) is 9.59 Å². The minimum atomic E-state index is -1.06. The van der Waals surface area contributed by atoms with Gasteiger partial charge in [0.05, 0.1) is 6.10 Å². The monoisotopic (exact) mass is 424 g/mol. The number of carbonyl (C=O) groups is 2. The van der Waals surface area contributed by atoms with Gasteiger partial charge in [-0.1, -0.05) is 43.9 Å². The van der Waals surface area contributed by atoms with E-state index in [9.17, 15) is 14.0 Å². The Balaban J connectivity index is 1.88. The van der Waals surface area contributed by atoms with E-state index in [4.69, 9.17) is 16.3 Å². The fourth-order valence-electron chi connectivity index (χ4n) is 4.29. The Hall–Kier alpha value is -1.66. The summed E-state index contributed by atoms with van der Waals surface area (Å²) in [6.45, 7) is 0.856. The maximum Gasteiger partial charge on any atom is 0.247 e. The summed E-state index contributed by atoms with van der Waals surface area (Å²) in [6.07, 6.45) is 7.83. The van der Waals surface area contributed by atoms with Crippen molar-refractivity contribution in [2.75, 3.05) is 19.0 Å². The molecule has 2 amide bonds. The van der Waals surface area contributed by atoms with Gasteiger partial charge in [-0.05, 0) is 31.7 Å². The van der Waals surface area contributed by atoms with E-state index in [-0.39, 0.29) is 36.0 Å². The Morgan fingerprint density at radius 3 is 2.48 bits per heavy atom. The van der Waals surface area contributed by atoms with Crippen LogP contribution in [-0.4, -0.2) is 47.9 Å². The van der Waals surface area contributed by atoms with E-state index >= 15 is 0 Å². The van der Waals surface area contributed by atoms with Crippen LogP contribution in [0.3, 0.4) is 0 Å². The van der Waals surface area contributed by atoms with E-state index in [2.05, 4.69) is 5.32 Å². The topological polar surface area (TPSA) is 58.6 Å². The van der Waals surface area contributed by atoms with E-state index in [1.54, 1.807) is 18.2 Å². The lowest BCUT2D eigenvalue weighted by atomic mass is 10.0. The summed E-state index contributed by atoms with van der Waals surface area (Å²) in [5.74, 6) is -1.52. The van der Waals surface area contributed by atoms with Gasteiger partial charge >= 0.3 is 0 Å². The molecular formula is C22H30ClFN2O3. The first-order valence-electron chi connectivity index (χ1n) is 10.6. The Labute approximate surface area is 176 Å². The molecule has 3 rings (SSSR count). The first kappa shape index (κ1) is 22.0. The molecule has 0 aromatic heterocycles. The first-order valence-corrected chi connectivity index (χ1v) is 11.2. The maximum atomic E-state index is 14.7. The van der Waals surface area contributed by atoms with E-state index < -0.39 is 17.8 Å². The summed E-state index contributed by atoms with van der Waals surface area (Å²) >= 11 is 5.86. The summed E-state index contributed by atoms with van der Waals surface area (Å²) < 4.78 is 20.4. The van der Waals surface area contributed by atoms with Crippen molar-refractivity contribution in [3.8, 4) is 0 Å². The van der Waals surface area contributed by atoms with E-state index in [1.807, 2.05) is 0 Å². The zero-order valence-corrected chi connectivity index (χ0v) is 17.5. The van der Waals surface area contributed by atoms with Crippen molar-refractivity contribution in [3.63, 3.8) is 0 Å². The largest absolute Gasteiger partial charge is 0.376 e. The Morgan fingerprint density at radius 1 is 1.14 bits per heavy atom. The fourth-order valence-corrected chi connectivity index (χ4v) is 4.44. The van der Waals surface area contributed by atoms with Crippen LogP contribution in [0.4, 0.5) is 4.39 Å². The van der Waals surface area contributed by atoms with Crippen LogP contribution >= 0.6 is 11.6 Å². The molecule has 1 N–H and O–H groups in total. The molecule has 29 heavy (non-hydrogen) atoms. The van der Waals surface area contributed by atoms with Crippen LogP contribution in [0.1, 0.15) is 63.0 Å². The normalized spacial score (nSPS) is 21.4. The molecule has 0 bridgehead atoms. The molecule has 2 aliphatic rings. The summed E-state index contributed by atoms with van der Waals surface area (Å²) in [7, 11) is 0. The number of amides is 2. The molecule has 2 fully saturated rings. The van der Waals surface area contributed by atoms with E-state index in [0.29, 0.717) is 6.61 Å². The predicted octanol–water partition coefficient (Wildman–Crippen LogP) is 3.95. The predicted molar refractivity (Wildman–Crippen MR) is 110 cm³/mol. The maximum absolute atomic E-state index is 14.7. The summed E-state index contributed by atoms with van der Waals surface area (Å²) in [4.78, 5) is 27.5. The lowest BCUT2D eigenvalue weighted by Gasteiger charge is -2.33. The molecule has 1 aromatic rings. The molecule has 2 unspecified atom stereocenters. The number of benzene rings is 1. The number of alkyl halides is 1. The average molecular weight is 425 g/mol. The van der Waals surface area contributed by atoms with Crippen LogP contribution in [0.25, 0.3) is 0 Å². The molecule has 1 saturated carbocycles. The van der Waals surface area contributed by atoms with Gasteiger partial charge < -0.3 is 15.0 Å². The highest BCUT2D eigenvalue weighted by molar-refractivity contribution is 6.27. The van der Waals surface area contributed by atoms with Crippen molar-refractivity contribution in [2.24, 2.45) is 0 Å². The summed E-state index contributed by atoms with van der Waals surface area (Å²) in [6, 6.07) is 5.13. The van der Waals surface area contributed by atoms with Crippen LogP contribution in [0.5, 0.6) is 0 Å². The molecule has 1 aromatic carbocycles. The SMILES string of the molecule is O=C(NC1CCCCCC1)C(c1ccccc1F)N(CC1CCCO1)C(=O)CCl. The zero-order valence-electron chi connectivity index (χ0n) is 16.7. The Bertz CT molecular complexity index is 688. The van der Waals surface area contributed by atoms with Crippen molar-refractivity contribution >= 4 is 23.4 Å². The van der Waals surface area contributed by atoms with Gasteiger partial charge in [0.25, 0.3) is 0 Å². The number of halogens is 2. The molecule has 0 radical (unpaired) electrons. The molecule has 1 aliphatic carbocycles. The molecule has 1 aliphatic heterocycles. The highest BCUT2D eigenvalue weighted by Gasteiger charge is 2.36. The van der Waals surface area contributed by atoms with Crippen LogP contribution in [-0.2, 0) is 14.3 Å². The molecule has 7 heteroatoms. The lowest BCUT2D eigenvalue weighted by molar-refractivity contribution is -0.141. The second-order valence-corrected chi connectivity index (χ2v) is 8.20. The van der Waals surface area contributed by atoms with Crippen molar-refractivity contribution in [1.82, 2.24) is 10.2 Å². The Kier molecular flexibility index (Phi) is 8.30. The van der Waals surface area contributed by atoms with Gasteiger partial charge in [-0.2, -0.15) is 0 Å². The number of ether oxygens (including phenoxy) is 1. The minimum Gasteiger partial charge on any atom is -0.376 e.